The van der Waals surface area contributed by atoms with E-state index in [0.29, 0.717) is 6.54 Å². The summed E-state index contributed by atoms with van der Waals surface area (Å²) >= 11 is 0. The largest absolute Gasteiger partial charge is 0.496 e. The molecule has 2 N–H and O–H groups in total. The van der Waals surface area contributed by atoms with Crippen molar-refractivity contribution in [2.45, 2.75) is 56.9 Å². The van der Waals surface area contributed by atoms with Crippen molar-refractivity contribution < 1.29 is 19.4 Å². The van der Waals surface area contributed by atoms with E-state index in [1.54, 1.807) is 11.8 Å². The number of carbonyl (C=O) groups is 1. The Morgan fingerprint density at radius 2 is 2.14 bits per heavy atom. The topological polar surface area (TPSA) is 98.5 Å². The number of aliphatic hydroxyl groups excluding tert-OH is 1. The van der Waals surface area contributed by atoms with Gasteiger partial charge in [0.1, 0.15) is 17.5 Å². The molecule has 0 unspecified atom stereocenters. The zero-order valence-electron chi connectivity index (χ0n) is 16.7. The van der Waals surface area contributed by atoms with Gasteiger partial charge in [-0.05, 0) is 44.2 Å². The summed E-state index contributed by atoms with van der Waals surface area (Å²) < 4.78 is 13.3. The molecule has 0 radical (unpaired) electrons. The van der Waals surface area contributed by atoms with Gasteiger partial charge in [0, 0.05) is 18.0 Å². The van der Waals surface area contributed by atoms with Crippen LogP contribution in [0, 0.1) is 5.92 Å². The quantitative estimate of drug-likeness (QED) is 0.701. The molecule has 0 spiro atoms. The fourth-order valence-electron chi connectivity index (χ4n) is 3.82. The van der Waals surface area contributed by atoms with Crippen molar-refractivity contribution in [1.82, 2.24) is 20.3 Å². The van der Waals surface area contributed by atoms with Gasteiger partial charge >= 0.3 is 0 Å². The lowest BCUT2D eigenvalue weighted by Crippen LogP contribution is -2.51. The Morgan fingerprint density at radius 1 is 1.31 bits per heavy atom. The average molecular weight is 400 g/mol. The highest BCUT2D eigenvalue weighted by Crippen LogP contribution is 2.30. The molecule has 2 aromatic rings. The highest BCUT2D eigenvalue weighted by atomic mass is 16.5. The van der Waals surface area contributed by atoms with Gasteiger partial charge in [0.15, 0.2) is 0 Å². The molecule has 1 saturated carbocycles. The fraction of sp³-hybridized carbons (Fsp3) is 0.571. The smallest absolute Gasteiger partial charge is 0.223 e. The lowest BCUT2D eigenvalue weighted by Gasteiger charge is -2.36. The molecule has 2 heterocycles. The lowest BCUT2D eigenvalue weighted by atomic mass is 9.97. The van der Waals surface area contributed by atoms with Crippen LogP contribution in [0.15, 0.2) is 30.5 Å². The number of para-hydroxylation sites is 1. The third-order valence-electron chi connectivity index (χ3n) is 5.67. The number of carbonyl (C=O) groups excluding carboxylic acids is 1. The third kappa shape index (κ3) is 4.76. The molecule has 1 aliphatic heterocycles. The van der Waals surface area contributed by atoms with Crippen molar-refractivity contribution in [3.63, 3.8) is 0 Å². The van der Waals surface area contributed by atoms with Gasteiger partial charge in [0.25, 0.3) is 0 Å². The number of aliphatic hydroxyl groups is 1. The van der Waals surface area contributed by atoms with E-state index >= 15 is 0 Å². The predicted molar refractivity (Wildman–Crippen MR) is 106 cm³/mol. The number of aryl methyl sites for hydroxylation is 1. The lowest BCUT2D eigenvalue weighted by molar-refractivity contribution is -0.129. The molecule has 1 amide bonds. The van der Waals surface area contributed by atoms with Crippen molar-refractivity contribution >= 4 is 5.91 Å². The average Bonchev–Trinajstić information content (AvgIpc) is 3.51. The number of hydrogen-bond donors (Lipinski definition) is 2. The number of nitrogens with zero attached hydrogens (tertiary/aromatic N) is 3. The molecule has 2 fully saturated rings. The highest BCUT2D eigenvalue weighted by molar-refractivity contribution is 5.81. The fourth-order valence-corrected chi connectivity index (χ4v) is 3.82. The van der Waals surface area contributed by atoms with Crippen LogP contribution >= 0.6 is 0 Å². The molecule has 4 rings (SSSR count). The first-order valence-electron chi connectivity index (χ1n) is 10.3. The van der Waals surface area contributed by atoms with E-state index in [1.807, 2.05) is 30.5 Å². The van der Waals surface area contributed by atoms with Crippen molar-refractivity contribution in [3.8, 4) is 17.0 Å². The molecule has 1 aromatic heterocycles. The second kappa shape index (κ2) is 8.92. The molecule has 1 saturated heterocycles. The highest BCUT2D eigenvalue weighted by Gasteiger charge is 2.36. The van der Waals surface area contributed by atoms with Crippen LogP contribution in [0.2, 0.25) is 0 Å². The van der Waals surface area contributed by atoms with Crippen LogP contribution in [-0.4, -0.2) is 58.0 Å². The van der Waals surface area contributed by atoms with Crippen molar-refractivity contribution in [2.24, 2.45) is 5.92 Å². The summed E-state index contributed by atoms with van der Waals surface area (Å²) in [6.07, 6.45) is 5.97. The van der Waals surface area contributed by atoms with E-state index in [2.05, 4.69) is 15.6 Å². The van der Waals surface area contributed by atoms with E-state index in [9.17, 15) is 9.90 Å². The summed E-state index contributed by atoms with van der Waals surface area (Å²) in [6.45, 7) is 0.581. The maximum absolute atomic E-state index is 12.0. The molecular weight excluding hydrogens is 372 g/mol. The van der Waals surface area contributed by atoms with Crippen LogP contribution in [0.4, 0.5) is 0 Å². The molecule has 29 heavy (non-hydrogen) atoms. The van der Waals surface area contributed by atoms with Crippen LogP contribution in [0.25, 0.3) is 11.3 Å². The number of amides is 1. The van der Waals surface area contributed by atoms with E-state index < -0.39 is 0 Å². The van der Waals surface area contributed by atoms with Crippen molar-refractivity contribution in [1.29, 1.82) is 0 Å². The Bertz CT molecular complexity index is 836. The summed E-state index contributed by atoms with van der Waals surface area (Å²) in [5, 5.41) is 21.2. The predicted octanol–water partition coefficient (Wildman–Crippen LogP) is 1.78. The zero-order chi connectivity index (χ0) is 20.2. The van der Waals surface area contributed by atoms with E-state index in [1.165, 1.54) is 0 Å². The van der Waals surface area contributed by atoms with Crippen LogP contribution in [0.5, 0.6) is 5.75 Å². The molecule has 1 aromatic carbocycles. The molecule has 2 aliphatic rings. The molecule has 8 nitrogen and oxygen atoms in total. The third-order valence-corrected chi connectivity index (χ3v) is 5.67. The minimum atomic E-state index is -0.351. The number of hydrogen-bond acceptors (Lipinski definition) is 6. The second-order valence-corrected chi connectivity index (χ2v) is 7.80. The first kappa shape index (κ1) is 19.8. The van der Waals surface area contributed by atoms with Gasteiger partial charge in [0.05, 0.1) is 32.1 Å². The minimum Gasteiger partial charge on any atom is -0.496 e. The van der Waals surface area contributed by atoms with Crippen LogP contribution in [0.3, 0.4) is 0 Å². The van der Waals surface area contributed by atoms with Gasteiger partial charge in [-0.1, -0.05) is 17.3 Å². The number of ether oxygens (including phenoxy) is 2. The standard InChI is InChI=1S/C21H28N4O4/c1-28-19-5-3-2-4-16(19)18-12-25(24-23-18)11-10-15-8-9-17(20(13-26)29-15)22-21(27)14-6-7-14/h2-5,12,14-15,17,20,26H,6-11,13H2,1H3,(H,22,27)/t15-,17+,20-/m1/s1. The minimum absolute atomic E-state index is 0.0279. The molecule has 1 aliphatic carbocycles. The normalized spacial score (nSPS) is 24.3. The number of benzene rings is 1. The van der Waals surface area contributed by atoms with E-state index in [4.69, 9.17) is 9.47 Å². The van der Waals surface area contributed by atoms with Gasteiger partial charge in [-0.15, -0.1) is 5.10 Å². The molecular formula is C21H28N4O4. The number of methoxy groups -OCH3 is 1. The molecule has 8 heteroatoms. The van der Waals surface area contributed by atoms with Gasteiger partial charge in [-0.2, -0.15) is 0 Å². The van der Waals surface area contributed by atoms with Crippen LogP contribution < -0.4 is 10.1 Å². The Labute approximate surface area is 170 Å². The molecule has 156 valence electrons. The summed E-state index contributed by atoms with van der Waals surface area (Å²) in [7, 11) is 1.64. The summed E-state index contributed by atoms with van der Waals surface area (Å²) in [5.74, 6) is 1.03. The second-order valence-electron chi connectivity index (χ2n) is 7.80. The molecule has 3 atom stereocenters. The first-order valence-corrected chi connectivity index (χ1v) is 10.3. The van der Waals surface area contributed by atoms with Crippen molar-refractivity contribution in [2.75, 3.05) is 13.7 Å². The van der Waals surface area contributed by atoms with E-state index in [0.717, 1.165) is 49.1 Å². The summed E-state index contributed by atoms with van der Waals surface area (Å²) in [5.41, 5.74) is 1.67. The Kier molecular flexibility index (Phi) is 6.10. The molecule has 0 bridgehead atoms. The van der Waals surface area contributed by atoms with Gasteiger partial charge < -0.3 is 19.9 Å². The monoisotopic (exact) mass is 400 g/mol. The van der Waals surface area contributed by atoms with E-state index in [-0.39, 0.29) is 36.7 Å². The maximum atomic E-state index is 12.0. The van der Waals surface area contributed by atoms with Crippen LogP contribution in [0.1, 0.15) is 32.1 Å². The van der Waals surface area contributed by atoms with Gasteiger partial charge in [-0.3, -0.25) is 9.48 Å². The SMILES string of the molecule is COc1ccccc1-c1cn(CC[C@H]2CC[C@H](NC(=O)C3CC3)[C@@H](CO)O2)nn1. The Morgan fingerprint density at radius 3 is 2.90 bits per heavy atom. The maximum Gasteiger partial charge on any atom is 0.223 e. The van der Waals surface area contributed by atoms with Gasteiger partial charge in [0.2, 0.25) is 5.91 Å². The number of nitrogens with one attached hydrogen (secondary N) is 1. The Hall–Kier alpha value is -2.45. The first-order chi connectivity index (χ1) is 14.2. The summed E-state index contributed by atoms with van der Waals surface area (Å²) in [4.78, 5) is 12.0. The van der Waals surface area contributed by atoms with Crippen molar-refractivity contribution in [3.05, 3.63) is 30.5 Å². The van der Waals surface area contributed by atoms with Gasteiger partial charge in [-0.25, -0.2) is 0 Å². The Balaban J connectivity index is 1.30. The summed E-state index contributed by atoms with van der Waals surface area (Å²) in [6, 6.07) is 7.62. The number of aromatic nitrogens is 3. The van der Waals surface area contributed by atoms with Crippen LogP contribution in [-0.2, 0) is 16.1 Å². The number of rotatable bonds is 8. The zero-order valence-corrected chi connectivity index (χ0v) is 16.7.